The van der Waals surface area contributed by atoms with Crippen molar-refractivity contribution in [2.45, 2.75) is 23.5 Å². The molecule has 1 aliphatic heterocycles. The highest BCUT2D eigenvalue weighted by atomic mass is 32.2. The van der Waals surface area contributed by atoms with E-state index in [9.17, 15) is 13.2 Å². The van der Waals surface area contributed by atoms with Crippen LogP contribution in [0.15, 0.2) is 23.1 Å². The van der Waals surface area contributed by atoms with E-state index < -0.39 is 10.1 Å². The maximum Gasteiger partial charge on any atom is 0.294 e. The van der Waals surface area contributed by atoms with Crippen LogP contribution in [0.4, 0.5) is 5.69 Å². The molecule has 0 radical (unpaired) electrons. The summed E-state index contributed by atoms with van der Waals surface area (Å²) < 4.78 is 31.5. The van der Waals surface area contributed by atoms with Crippen LogP contribution in [0.5, 0.6) is 0 Å². The number of carbonyl (C=O) groups is 1. The number of amides is 1. The molecule has 0 aliphatic carbocycles. The van der Waals surface area contributed by atoms with Gasteiger partial charge < -0.3 is 4.90 Å². The summed E-state index contributed by atoms with van der Waals surface area (Å²) in [7, 11) is -4.27. The molecule has 1 fully saturated rings. The summed E-state index contributed by atoms with van der Waals surface area (Å²) in [6.07, 6.45) is 0.332. The van der Waals surface area contributed by atoms with Crippen molar-refractivity contribution in [1.29, 1.82) is 0 Å². The lowest BCUT2D eigenvalue weighted by Crippen LogP contribution is -2.24. The molecule has 1 heterocycles. The third-order valence-electron chi connectivity index (χ3n) is 2.87. The van der Waals surface area contributed by atoms with Crippen molar-refractivity contribution in [1.82, 2.24) is 0 Å². The number of hydrogen-bond donors (Lipinski definition) is 2. The van der Waals surface area contributed by atoms with Crippen LogP contribution >= 0.6 is 12.6 Å². The van der Waals surface area contributed by atoms with Crippen LogP contribution in [0.1, 0.15) is 12.0 Å². The van der Waals surface area contributed by atoms with E-state index >= 15 is 0 Å². The minimum absolute atomic E-state index is 0.0482. The van der Waals surface area contributed by atoms with Gasteiger partial charge in [-0.1, -0.05) is 6.07 Å². The van der Waals surface area contributed by atoms with Crippen LogP contribution in [-0.2, 0) is 14.9 Å². The van der Waals surface area contributed by atoms with Gasteiger partial charge in [0.05, 0.1) is 4.90 Å². The largest absolute Gasteiger partial charge is 0.311 e. The Bertz CT molecular complexity index is 597. The Hall–Kier alpha value is -1.05. The fourth-order valence-electron chi connectivity index (χ4n) is 1.97. The van der Waals surface area contributed by atoms with Gasteiger partial charge in [-0.2, -0.15) is 21.0 Å². The first-order chi connectivity index (χ1) is 8.29. The summed E-state index contributed by atoms with van der Waals surface area (Å²) in [6.45, 7) is 2.02. The Kier molecular flexibility index (Phi) is 3.39. The van der Waals surface area contributed by atoms with Gasteiger partial charge in [-0.15, -0.1) is 0 Å². The van der Waals surface area contributed by atoms with Crippen LogP contribution in [0, 0.1) is 6.92 Å². The average Bonchev–Trinajstić information content (AvgIpc) is 2.57. The van der Waals surface area contributed by atoms with Crippen LogP contribution < -0.4 is 4.90 Å². The summed E-state index contributed by atoms with van der Waals surface area (Å²) >= 11 is 4.23. The quantitative estimate of drug-likeness (QED) is 0.634. The van der Waals surface area contributed by atoms with E-state index in [0.717, 1.165) is 0 Å². The molecule has 1 aromatic carbocycles. The standard InChI is InChI=1S/C11H13NO4S2/c1-7-2-3-8(4-10(7)18(14,15)16)12-6-9(17)5-11(12)13/h2-4,9,17H,5-6H2,1H3,(H,14,15,16). The Morgan fingerprint density at radius 1 is 1.44 bits per heavy atom. The van der Waals surface area contributed by atoms with Crippen LogP contribution in [0.25, 0.3) is 0 Å². The van der Waals surface area contributed by atoms with Crippen molar-refractivity contribution in [3.05, 3.63) is 23.8 Å². The lowest BCUT2D eigenvalue weighted by Gasteiger charge is -2.17. The summed E-state index contributed by atoms with van der Waals surface area (Å²) in [5, 5.41) is -0.0482. The van der Waals surface area contributed by atoms with E-state index in [0.29, 0.717) is 24.2 Å². The molecule has 18 heavy (non-hydrogen) atoms. The number of anilines is 1. The number of benzene rings is 1. The van der Waals surface area contributed by atoms with E-state index in [-0.39, 0.29) is 16.1 Å². The molecule has 2 rings (SSSR count). The highest BCUT2D eigenvalue weighted by molar-refractivity contribution is 7.85. The number of aryl methyl sites for hydroxylation is 1. The molecule has 0 spiro atoms. The zero-order valence-corrected chi connectivity index (χ0v) is 11.4. The molecular weight excluding hydrogens is 274 g/mol. The Balaban J connectivity index is 2.45. The molecule has 5 nitrogen and oxygen atoms in total. The smallest absolute Gasteiger partial charge is 0.294 e. The number of carbonyl (C=O) groups excluding carboxylic acids is 1. The van der Waals surface area contributed by atoms with Crippen molar-refractivity contribution in [2.24, 2.45) is 0 Å². The third kappa shape index (κ3) is 2.52. The fourth-order valence-corrected chi connectivity index (χ4v) is 3.04. The zero-order chi connectivity index (χ0) is 13.5. The fraction of sp³-hybridized carbons (Fsp3) is 0.364. The predicted molar refractivity (Wildman–Crippen MR) is 70.7 cm³/mol. The van der Waals surface area contributed by atoms with Gasteiger partial charge in [-0.3, -0.25) is 9.35 Å². The van der Waals surface area contributed by atoms with Gasteiger partial charge in [-0.05, 0) is 24.6 Å². The van der Waals surface area contributed by atoms with Crippen LogP contribution in [0.3, 0.4) is 0 Å². The van der Waals surface area contributed by atoms with Gasteiger partial charge in [0.15, 0.2) is 0 Å². The third-order valence-corrected chi connectivity index (χ3v) is 4.21. The molecule has 7 heteroatoms. The van der Waals surface area contributed by atoms with Crippen LogP contribution in [0.2, 0.25) is 0 Å². The second-order valence-corrected chi connectivity index (χ2v) is 6.41. The number of nitrogens with zero attached hydrogens (tertiary/aromatic N) is 1. The number of hydrogen-bond acceptors (Lipinski definition) is 4. The van der Waals surface area contributed by atoms with Crippen LogP contribution in [-0.4, -0.2) is 30.7 Å². The van der Waals surface area contributed by atoms with E-state index in [1.165, 1.54) is 11.0 Å². The molecule has 1 aromatic rings. The lowest BCUT2D eigenvalue weighted by atomic mass is 10.2. The molecule has 1 atom stereocenters. The monoisotopic (exact) mass is 287 g/mol. The lowest BCUT2D eigenvalue weighted by molar-refractivity contribution is -0.117. The minimum atomic E-state index is -4.27. The molecule has 0 bridgehead atoms. The van der Waals surface area contributed by atoms with Crippen molar-refractivity contribution in [3.63, 3.8) is 0 Å². The summed E-state index contributed by atoms with van der Waals surface area (Å²) in [5.41, 5.74) is 0.907. The van der Waals surface area contributed by atoms with Gasteiger partial charge in [0.1, 0.15) is 0 Å². The second kappa shape index (κ2) is 4.56. The molecule has 1 N–H and O–H groups in total. The SMILES string of the molecule is Cc1ccc(N2CC(S)CC2=O)cc1S(=O)(=O)O. The molecular formula is C11H13NO4S2. The summed E-state index contributed by atoms with van der Waals surface area (Å²) in [4.78, 5) is 13.0. The van der Waals surface area contributed by atoms with Crippen molar-refractivity contribution in [3.8, 4) is 0 Å². The molecule has 0 aromatic heterocycles. The predicted octanol–water partition coefficient (Wildman–Crippen LogP) is 1.28. The minimum Gasteiger partial charge on any atom is -0.311 e. The molecule has 1 saturated heterocycles. The van der Waals surface area contributed by atoms with E-state index in [1.54, 1.807) is 19.1 Å². The molecule has 1 amide bonds. The molecule has 1 unspecified atom stereocenters. The van der Waals surface area contributed by atoms with Gasteiger partial charge >= 0.3 is 0 Å². The second-order valence-electron chi connectivity index (χ2n) is 4.29. The Morgan fingerprint density at radius 3 is 2.61 bits per heavy atom. The number of rotatable bonds is 2. The normalized spacial score (nSPS) is 20.5. The highest BCUT2D eigenvalue weighted by Crippen LogP contribution is 2.27. The maximum absolute atomic E-state index is 11.7. The first kappa shape index (κ1) is 13.4. The summed E-state index contributed by atoms with van der Waals surface area (Å²) in [5.74, 6) is -0.0971. The van der Waals surface area contributed by atoms with E-state index in [2.05, 4.69) is 12.6 Å². The van der Waals surface area contributed by atoms with Crippen molar-refractivity contribution >= 4 is 34.3 Å². The molecule has 98 valence electrons. The molecule has 1 aliphatic rings. The van der Waals surface area contributed by atoms with Gasteiger partial charge in [0, 0.05) is 23.9 Å². The van der Waals surface area contributed by atoms with E-state index in [4.69, 9.17) is 4.55 Å². The highest BCUT2D eigenvalue weighted by Gasteiger charge is 2.29. The molecule has 0 saturated carbocycles. The summed E-state index contributed by atoms with van der Waals surface area (Å²) in [6, 6.07) is 4.54. The van der Waals surface area contributed by atoms with Gasteiger partial charge in [0.25, 0.3) is 10.1 Å². The first-order valence-electron chi connectivity index (χ1n) is 5.35. The van der Waals surface area contributed by atoms with Crippen molar-refractivity contribution in [2.75, 3.05) is 11.4 Å². The zero-order valence-electron chi connectivity index (χ0n) is 9.70. The van der Waals surface area contributed by atoms with E-state index in [1.807, 2.05) is 0 Å². The van der Waals surface area contributed by atoms with Crippen molar-refractivity contribution < 1.29 is 17.8 Å². The Morgan fingerprint density at radius 2 is 2.11 bits per heavy atom. The average molecular weight is 287 g/mol. The van der Waals surface area contributed by atoms with Gasteiger partial charge in [-0.25, -0.2) is 0 Å². The Labute approximate surface area is 111 Å². The first-order valence-corrected chi connectivity index (χ1v) is 7.31. The number of thiol groups is 1. The van der Waals surface area contributed by atoms with Gasteiger partial charge in [0.2, 0.25) is 5.91 Å². The topological polar surface area (TPSA) is 74.7 Å². The maximum atomic E-state index is 11.7.